The maximum absolute atomic E-state index is 10.0. The van der Waals surface area contributed by atoms with E-state index < -0.39 is 6.10 Å². The van der Waals surface area contributed by atoms with Crippen LogP contribution in [0.25, 0.3) is 0 Å². The molecule has 0 aromatic heterocycles. The van der Waals surface area contributed by atoms with E-state index >= 15 is 0 Å². The Morgan fingerprint density at radius 1 is 1.45 bits per heavy atom. The number of hydrogen-bond donors (Lipinski definition) is 1. The summed E-state index contributed by atoms with van der Waals surface area (Å²) in [5, 5.41) is 10.0. The minimum atomic E-state index is -0.479. The summed E-state index contributed by atoms with van der Waals surface area (Å²) >= 11 is 0. The van der Waals surface area contributed by atoms with Crippen molar-refractivity contribution >= 4 is 0 Å². The van der Waals surface area contributed by atoms with Gasteiger partial charge in [0.1, 0.15) is 6.61 Å². The highest BCUT2D eigenvalue weighted by Crippen LogP contribution is 2.29. The fourth-order valence-electron chi connectivity index (χ4n) is 2.37. The maximum atomic E-state index is 10.0. The summed E-state index contributed by atoms with van der Waals surface area (Å²) < 4.78 is 5.21. The number of hydrogen-bond acceptors (Lipinski definition) is 3. The molecular weight excluding hydrogens is 250 g/mol. The van der Waals surface area contributed by atoms with Gasteiger partial charge in [-0.2, -0.15) is 0 Å². The predicted molar refractivity (Wildman–Crippen MR) is 80.3 cm³/mol. The number of nitrogens with zero attached hydrogens (tertiary/aromatic N) is 1. The number of benzene rings is 1. The van der Waals surface area contributed by atoms with Gasteiger partial charge in [0, 0.05) is 19.1 Å². The highest BCUT2D eigenvalue weighted by atomic mass is 16.5. The number of aryl methyl sites for hydroxylation is 1. The number of aliphatic hydroxyl groups excluding tert-OH is 1. The van der Waals surface area contributed by atoms with E-state index in [2.05, 4.69) is 42.0 Å². The second-order valence-corrected chi connectivity index (χ2v) is 5.46. The van der Waals surface area contributed by atoms with Crippen LogP contribution in [0.4, 0.5) is 0 Å². The van der Waals surface area contributed by atoms with Crippen LogP contribution in [0.3, 0.4) is 0 Å². The molecule has 0 bridgehead atoms. The zero-order valence-electron chi connectivity index (χ0n) is 12.1. The van der Waals surface area contributed by atoms with E-state index in [0.717, 1.165) is 6.54 Å². The predicted octanol–water partition coefficient (Wildman–Crippen LogP) is 1.97. The second kappa shape index (κ2) is 7.44. The highest BCUT2D eigenvalue weighted by molar-refractivity contribution is 5.25. The van der Waals surface area contributed by atoms with Crippen molar-refractivity contribution in [1.82, 2.24) is 4.90 Å². The summed E-state index contributed by atoms with van der Waals surface area (Å²) in [4.78, 5) is 2.35. The monoisotopic (exact) mass is 273 g/mol. The van der Waals surface area contributed by atoms with Crippen LogP contribution in [-0.2, 0) is 11.3 Å². The van der Waals surface area contributed by atoms with E-state index in [1.807, 2.05) is 0 Å². The van der Waals surface area contributed by atoms with Crippen molar-refractivity contribution in [3.8, 4) is 12.3 Å². The van der Waals surface area contributed by atoms with Gasteiger partial charge in [0.25, 0.3) is 0 Å². The Bertz CT molecular complexity index is 462. The molecule has 2 rings (SSSR count). The van der Waals surface area contributed by atoms with Crippen molar-refractivity contribution in [2.24, 2.45) is 0 Å². The van der Waals surface area contributed by atoms with Crippen molar-refractivity contribution in [3.05, 3.63) is 35.4 Å². The summed E-state index contributed by atoms with van der Waals surface area (Å²) in [6.07, 6.45) is 7.10. The van der Waals surface area contributed by atoms with Crippen molar-refractivity contribution in [2.45, 2.75) is 38.5 Å². The molecule has 3 heteroatoms. The number of ether oxygens (including phenoxy) is 1. The third kappa shape index (κ3) is 4.64. The Morgan fingerprint density at radius 3 is 2.85 bits per heavy atom. The average Bonchev–Trinajstić information content (AvgIpc) is 3.25. The number of aliphatic hydroxyl groups is 1. The molecule has 1 aromatic carbocycles. The zero-order chi connectivity index (χ0) is 14.4. The molecule has 108 valence electrons. The van der Waals surface area contributed by atoms with E-state index in [9.17, 15) is 5.11 Å². The summed E-state index contributed by atoms with van der Waals surface area (Å²) in [5.74, 6) is 2.41. The van der Waals surface area contributed by atoms with Crippen LogP contribution in [0.5, 0.6) is 0 Å². The molecule has 1 aromatic rings. The number of rotatable bonds is 8. The summed E-state index contributed by atoms with van der Waals surface area (Å²) in [6.45, 7) is 4.24. The highest BCUT2D eigenvalue weighted by Gasteiger charge is 2.30. The largest absolute Gasteiger partial charge is 0.389 e. The van der Waals surface area contributed by atoms with Gasteiger partial charge in [-0.15, -0.1) is 6.42 Å². The smallest absolute Gasteiger partial charge is 0.107 e. The normalized spacial score (nSPS) is 16.1. The third-order valence-electron chi connectivity index (χ3n) is 3.64. The Labute approximate surface area is 121 Å². The lowest BCUT2D eigenvalue weighted by Gasteiger charge is -2.25. The molecule has 0 spiro atoms. The van der Waals surface area contributed by atoms with Crippen molar-refractivity contribution in [2.75, 3.05) is 19.8 Å². The first-order chi connectivity index (χ1) is 9.70. The molecule has 1 N–H and O–H groups in total. The summed E-state index contributed by atoms with van der Waals surface area (Å²) in [6, 6.07) is 9.03. The van der Waals surface area contributed by atoms with Crippen LogP contribution >= 0.6 is 0 Å². The first-order valence-electron chi connectivity index (χ1n) is 7.18. The minimum Gasteiger partial charge on any atom is -0.389 e. The van der Waals surface area contributed by atoms with Crippen LogP contribution in [-0.4, -0.2) is 41.9 Å². The van der Waals surface area contributed by atoms with Crippen LogP contribution in [0.15, 0.2) is 24.3 Å². The zero-order valence-corrected chi connectivity index (χ0v) is 12.1. The molecule has 0 saturated heterocycles. The van der Waals surface area contributed by atoms with E-state index in [1.165, 1.54) is 24.0 Å². The van der Waals surface area contributed by atoms with Crippen LogP contribution < -0.4 is 0 Å². The first kappa shape index (κ1) is 15.1. The Morgan fingerprint density at radius 2 is 2.20 bits per heavy atom. The van der Waals surface area contributed by atoms with Gasteiger partial charge in [-0.25, -0.2) is 0 Å². The molecule has 0 heterocycles. The SMILES string of the molecule is C#CCOC[C@@H](O)CN(Cc1ccccc1C)C1CC1. The molecular formula is C17H23NO2. The summed E-state index contributed by atoms with van der Waals surface area (Å²) in [7, 11) is 0. The Balaban J connectivity index is 1.88. The van der Waals surface area contributed by atoms with Gasteiger partial charge in [-0.05, 0) is 30.9 Å². The second-order valence-electron chi connectivity index (χ2n) is 5.46. The molecule has 20 heavy (non-hydrogen) atoms. The van der Waals surface area contributed by atoms with Gasteiger partial charge in [0.15, 0.2) is 0 Å². The van der Waals surface area contributed by atoms with Crippen LogP contribution in [0, 0.1) is 19.3 Å². The first-order valence-corrected chi connectivity index (χ1v) is 7.18. The maximum Gasteiger partial charge on any atom is 0.107 e. The number of terminal acetylenes is 1. The van der Waals surface area contributed by atoms with Gasteiger partial charge < -0.3 is 9.84 Å². The quantitative estimate of drug-likeness (QED) is 0.580. The fourth-order valence-corrected chi connectivity index (χ4v) is 2.37. The van der Waals surface area contributed by atoms with E-state index in [-0.39, 0.29) is 6.61 Å². The van der Waals surface area contributed by atoms with Crippen molar-refractivity contribution in [1.29, 1.82) is 0 Å². The third-order valence-corrected chi connectivity index (χ3v) is 3.64. The Kier molecular flexibility index (Phi) is 5.60. The van der Waals surface area contributed by atoms with E-state index in [0.29, 0.717) is 19.2 Å². The lowest BCUT2D eigenvalue weighted by Crippen LogP contribution is -2.36. The lowest BCUT2D eigenvalue weighted by molar-refractivity contribution is 0.0242. The molecule has 1 aliphatic rings. The van der Waals surface area contributed by atoms with Gasteiger partial charge in [0.05, 0.1) is 12.7 Å². The summed E-state index contributed by atoms with van der Waals surface area (Å²) in [5.41, 5.74) is 2.63. The van der Waals surface area contributed by atoms with Gasteiger partial charge in [-0.1, -0.05) is 30.2 Å². The van der Waals surface area contributed by atoms with E-state index in [1.54, 1.807) is 0 Å². The molecule has 0 aliphatic heterocycles. The molecule has 3 nitrogen and oxygen atoms in total. The average molecular weight is 273 g/mol. The van der Waals surface area contributed by atoms with Crippen molar-refractivity contribution in [3.63, 3.8) is 0 Å². The van der Waals surface area contributed by atoms with Crippen molar-refractivity contribution < 1.29 is 9.84 Å². The topological polar surface area (TPSA) is 32.7 Å². The molecule has 1 aliphatic carbocycles. The lowest BCUT2D eigenvalue weighted by atomic mass is 10.1. The molecule has 0 unspecified atom stereocenters. The molecule has 1 saturated carbocycles. The molecule has 1 fully saturated rings. The molecule has 0 amide bonds. The van der Waals surface area contributed by atoms with Gasteiger partial charge in [0.2, 0.25) is 0 Å². The fraction of sp³-hybridized carbons (Fsp3) is 0.529. The van der Waals surface area contributed by atoms with Gasteiger partial charge in [-0.3, -0.25) is 4.90 Å². The standard InChI is InChI=1S/C17H23NO2/c1-3-10-20-13-17(19)12-18(16-8-9-16)11-15-7-5-4-6-14(15)2/h1,4-7,16-17,19H,8-13H2,2H3/t17-/m0/s1. The minimum absolute atomic E-state index is 0.262. The van der Waals surface area contributed by atoms with E-state index in [4.69, 9.17) is 11.2 Å². The van der Waals surface area contributed by atoms with Gasteiger partial charge >= 0.3 is 0 Å². The molecule has 0 radical (unpaired) electrons. The molecule has 1 atom stereocenters. The Hall–Kier alpha value is -1.34. The van der Waals surface area contributed by atoms with Crippen LogP contribution in [0.2, 0.25) is 0 Å². The van der Waals surface area contributed by atoms with Crippen LogP contribution in [0.1, 0.15) is 24.0 Å².